The molecule has 28 heavy (non-hydrogen) atoms. The highest BCUT2D eigenvalue weighted by molar-refractivity contribution is 7.99. The van der Waals surface area contributed by atoms with Gasteiger partial charge in [-0.1, -0.05) is 37.6 Å². The Balaban J connectivity index is 1.67. The molecule has 2 aromatic rings. The number of methoxy groups -OCH3 is 1. The number of carbonyl (C=O) groups excluding carboxylic acids is 1. The Labute approximate surface area is 170 Å². The highest BCUT2D eigenvalue weighted by Gasteiger charge is 2.23. The summed E-state index contributed by atoms with van der Waals surface area (Å²) in [5, 5.41) is 12.6. The first-order valence-corrected chi connectivity index (χ1v) is 10.7. The molecule has 1 fully saturated rings. The summed E-state index contributed by atoms with van der Waals surface area (Å²) in [5.41, 5.74) is 0.947. The summed E-state index contributed by atoms with van der Waals surface area (Å²) in [6.45, 7) is 6.64. The lowest BCUT2D eigenvalue weighted by atomic mass is 9.86. The number of hydrogen-bond acceptors (Lipinski definition) is 5. The number of aromatic nitrogens is 3. The maximum absolute atomic E-state index is 12.4. The van der Waals surface area contributed by atoms with Gasteiger partial charge < -0.3 is 10.1 Å². The summed E-state index contributed by atoms with van der Waals surface area (Å²) in [6.07, 6.45) is 6.54. The number of amides is 1. The summed E-state index contributed by atoms with van der Waals surface area (Å²) in [6, 6.07) is 7.99. The van der Waals surface area contributed by atoms with Crippen LogP contribution >= 0.6 is 11.8 Å². The maximum Gasteiger partial charge on any atom is 0.230 e. The molecule has 1 amide bonds. The van der Waals surface area contributed by atoms with Crippen LogP contribution in [-0.2, 0) is 11.3 Å². The molecule has 0 aliphatic heterocycles. The fraction of sp³-hybridized carbons (Fsp3) is 0.476. The van der Waals surface area contributed by atoms with E-state index in [1.54, 1.807) is 7.11 Å². The molecule has 1 N–H and O–H groups in total. The standard InChI is InChI=1S/C21H28N4O2S/c1-4-13-25-20(16-9-11-17(27-3)12-10-16)23-24-21(25)28-14-19(26)22-18-8-6-5-7-15(18)2/h4,9-12,15,18H,1,5-8,13-14H2,2-3H3,(H,22,26)/t15-,18+/m1/s1. The fourth-order valence-electron chi connectivity index (χ4n) is 3.55. The molecule has 0 radical (unpaired) electrons. The average molecular weight is 401 g/mol. The number of benzene rings is 1. The molecule has 1 heterocycles. The quantitative estimate of drug-likeness (QED) is 0.537. The van der Waals surface area contributed by atoms with Gasteiger partial charge in [-0.2, -0.15) is 0 Å². The highest BCUT2D eigenvalue weighted by atomic mass is 32.2. The lowest BCUT2D eigenvalue weighted by Crippen LogP contribution is -2.41. The van der Waals surface area contributed by atoms with Crippen LogP contribution in [0, 0.1) is 5.92 Å². The molecule has 150 valence electrons. The van der Waals surface area contributed by atoms with Crippen LogP contribution in [0.15, 0.2) is 42.1 Å². The van der Waals surface area contributed by atoms with E-state index in [2.05, 4.69) is 29.0 Å². The highest BCUT2D eigenvalue weighted by Crippen LogP contribution is 2.26. The molecule has 3 rings (SSSR count). The van der Waals surface area contributed by atoms with Crippen LogP contribution in [0.2, 0.25) is 0 Å². The smallest absolute Gasteiger partial charge is 0.230 e. The molecule has 6 nitrogen and oxygen atoms in total. The Morgan fingerprint density at radius 2 is 2.07 bits per heavy atom. The average Bonchev–Trinajstić information content (AvgIpc) is 3.11. The van der Waals surface area contributed by atoms with Gasteiger partial charge in [0, 0.05) is 18.2 Å². The van der Waals surface area contributed by atoms with Gasteiger partial charge in [-0.25, -0.2) is 0 Å². The Morgan fingerprint density at radius 1 is 1.32 bits per heavy atom. The number of ether oxygens (including phenoxy) is 1. The molecular weight excluding hydrogens is 372 g/mol. The van der Waals surface area contributed by atoms with E-state index in [0.717, 1.165) is 28.7 Å². The first-order valence-electron chi connectivity index (χ1n) is 9.73. The van der Waals surface area contributed by atoms with Gasteiger partial charge in [0.1, 0.15) is 5.75 Å². The third-order valence-corrected chi connectivity index (χ3v) is 6.13. The van der Waals surface area contributed by atoms with Crippen LogP contribution in [0.3, 0.4) is 0 Å². The topological polar surface area (TPSA) is 69.0 Å². The monoisotopic (exact) mass is 400 g/mol. The van der Waals surface area contributed by atoms with Crippen LogP contribution in [-0.4, -0.2) is 39.6 Å². The Kier molecular flexibility index (Phi) is 7.14. The third-order valence-electron chi connectivity index (χ3n) is 5.17. The van der Waals surface area contributed by atoms with Crippen molar-refractivity contribution < 1.29 is 9.53 Å². The predicted molar refractivity (Wildman–Crippen MR) is 112 cm³/mol. The summed E-state index contributed by atoms with van der Waals surface area (Å²) in [5.74, 6) is 2.49. The second-order valence-corrected chi connectivity index (χ2v) is 8.10. The Hall–Kier alpha value is -2.28. The van der Waals surface area contributed by atoms with Crippen molar-refractivity contribution in [2.45, 2.75) is 50.4 Å². The zero-order valence-corrected chi connectivity index (χ0v) is 17.4. The van der Waals surface area contributed by atoms with E-state index in [-0.39, 0.29) is 5.91 Å². The van der Waals surface area contributed by atoms with Gasteiger partial charge in [-0.3, -0.25) is 9.36 Å². The lowest BCUT2D eigenvalue weighted by Gasteiger charge is -2.29. The molecule has 1 aromatic carbocycles. The van der Waals surface area contributed by atoms with Gasteiger partial charge >= 0.3 is 0 Å². The minimum Gasteiger partial charge on any atom is -0.497 e. The van der Waals surface area contributed by atoms with Crippen molar-refractivity contribution in [3.63, 3.8) is 0 Å². The molecule has 0 bridgehead atoms. The van der Waals surface area contributed by atoms with E-state index >= 15 is 0 Å². The van der Waals surface area contributed by atoms with Crippen molar-refractivity contribution in [2.24, 2.45) is 5.92 Å². The number of rotatable bonds is 8. The minimum absolute atomic E-state index is 0.0582. The molecule has 0 spiro atoms. The molecule has 1 aliphatic rings. The second-order valence-electron chi connectivity index (χ2n) is 7.16. The van der Waals surface area contributed by atoms with E-state index in [4.69, 9.17) is 4.74 Å². The first-order chi connectivity index (χ1) is 13.6. The summed E-state index contributed by atoms with van der Waals surface area (Å²) in [7, 11) is 1.64. The summed E-state index contributed by atoms with van der Waals surface area (Å²) in [4.78, 5) is 12.4. The van der Waals surface area contributed by atoms with E-state index < -0.39 is 0 Å². The van der Waals surface area contributed by atoms with E-state index in [1.807, 2.05) is 34.9 Å². The van der Waals surface area contributed by atoms with Gasteiger partial charge in [-0.05, 0) is 43.0 Å². The van der Waals surface area contributed by atoms with Crippen molar-refractivity contribution in [3.8, 4) is 17.1 Å². The van der Waals surface area contributed by atoms with Crippen molar-refractivity contribution in [3.05, 3.63) is 36.9 Å². The van der Waals surface area contributed by atoms with Gasteiger partial charge in [0.15, 0.2) is 11.0 Å². The zero-order valence-electron chi connectivity index (χ0n) is 16.6. The van der Waals surface area contributed by atoms with Crippen molar-refractivity contribution in [1.82, 2.24) is 20.1 Å². The molecule has 0 saturated heterocycles. The molecule has 1 saturated carbocycles. The molecular formula is C21H28N4O2S. The van der Waals surface area contributed by atoms with Crippen LogP contribution in [0.25, 0.3) is 11.4 Å². The largest absolute Gasteiger partial charge is 0.497 e. The molecule has 1 aliphatic carbocycles. The van der Waals surface area contributed by atoms with Crippen LogP contribution in [0.1, 0.15) is 32.6 Å². The SMILES string of the molecule is C=CCn1c(SCC(=O)N[C@H]2CCCC[C@H]2C)nnc1-c1ccc(OC)cc1. The maximum atomic E-state index is 12.4. The lowest BCUT2D eigenvalue weighted by molar-refractivity contribution is -0.119. The van der Waals surface area contributed by atoms with Crippen LogP contribution < -0.4 is 10.1 Å². The first kappa shape index (κ1) is 20.5. The normalized spacial score (nSPS) is 19.2. The van der Waals surface area contributed by atoms with Crippen molar-refractivity contribution in [1.29, 1.82) is 0 Å². The number of nitrogens with zero attached hydrogens (tertiary/aromatic N) is 3. The molecule has 2 atom stereocenters. The number of hydrogen-bond donors (Lipinski definition) is 1. The summed E-state index contributed by atoms with van der Waals surface area (Å²) < 4.78 is 7.20. The predicted octanol–water partition coefficient (Wildman–Crippen LogP) is 3.93. The van der Waals surface area contributed by atoms with E-state index in [1.165, 1.54) is 31.0 Å². The number of nitrogens with one attached hydrogen (secondary N) is 1. The Bertz CT molecular complexity index is 803. The van der Waals surface area contributed by atoms with Gasteiger partial charge in [-0.15, -0.1) is 16.8 Å². The fourth-order valence-corrected chi connectivity index (χ4v) is 4.31. The van der Waals surface area contributed by atoms with Gasteiger partial charge in [0.05, 0.1) is 12.9 Å². The van der Waals surface area contributed by atoms with Crippen LogP contribution in [0.4, 0.5) is 0 Å². The van der Waals surface area contributed by atoms with Gasteiger partial charge in [0.25, 0.3) is 0 Å². The second kappa shape index (κ2) is 9.78. The zero-order chi connectivity index (χ0) is 19.9. The van der Waals surface area contributed by atoms with E-state index in [0.29, 0.717) is 24.3 Å². The summed E-state index contributed by atoms with van der Waals surface area (Å²) >= 11 is 1.41. The molecule has 1 aromatic heterocycles. The number of allylic oxidation sites excluding steroid dienone is 1. The molecule has 0 unspecified atom stereocenters. The van der Waals surface area contributed by atoms with Crippen molar-refractivity contribution in [2.75, 3.05) is 12.9 Å². The third kappa shape index (κ3) is 4.95. The number of carbonyl (C=O) groups is 1. The van der Waals surface area contributed by atoms with E-state index in [9.17, 15) is 4.79 Å². The number of thioether (sulfide) groups is 1. The Morgan fingerprint density at radius 3 is 2.75 bits per heavy atom. The van der Waals surface area contributed by atoms with Crippen molar-refractivity contribution >= 4 is 17.7 Å². The van der Waals surface area contributed by atoms with Gasteiger partial charge in [0.2, 0.25) is 5.91 Å². The minimum atomic E-state index is 0.0582. The molecule has 7 heteroatoms. The van der Waals surface area contributed by atoms with Crippen LogP contribution in [0.5, 0.6) is 5.75 Å².